The topological polar surface area (TPSA) is 64.2 Å². The molecule has 2 aromatic rings. The highest BCUT2D eigenvalue weighted by Gasteiger charge is 2.29. The summed E-state index contributed by atoms with van der Waals surface area (Å²) in [5, 5.41) is 21.4. The predicted octanol–water partition coefficient (Wildman–Crippen LogP) is 2.45. The van der Waals surface area contributed by atoms with Crippen LogP contribution in [0.3, 0.4) is 0 Å². The molecule has 1 aliphatic heterocycles. The molecule has 3 N–H and O–H groups in total. The number of β-amino-alcohol motifs (C(OH)–C–C–N with tert-alkyl or cyclic N) is 1. The lowest BCUT2D eigenvalue weighted by molar-refractivity contribution is 0.104. The maximum absolute atomic E-state index is 10.4. The lowest BCUT2D eigenvalue weighted by Gasteiger charge is -2.30. The predicted molar refractivity (Wildman–Crippen MR) is 98.7 cm³/mol. The van der Waals surface area contributed by atoms with Crippen molar-refractivity contribution >= 4 is 11.6 Å². The zero-order valence-corrected chi connectivity index (χ0v) is 15.1. The molecule has 25 heavy (non-hydrogen) atoms. The highest BCUT2D eigenvalue weighted by atomic mass is 35.5. The maximum atomic E-state index is 10.4. The van der Waals surface area contributed by atoms with Crippen LogP contribution in [0, 0.1) is 0 Å². The minimum Gasteiger partial charge on any atom is -0.390 e. The third-order valence-electron chi connectivity index (χ3n) is 5.19. The van der Waals surface area contributed by atoms with E-state index in [0.29, 0.717) is 30.7 Å². The summed E-state index contributed by atoms with van der Waals surface area (Å²) in [5.74, 6) is 0.593. The van der Waals surface area contributed by atoms with Crippen LogP contribution in [0.2, 0.25) is 5.15 Å². The summed E-state index contributed by atoms with van der Waals surface area (Å²) in [6.07, 6.45) is 3.10. The fraction of sp³-hybridized carbons (Fsp3) is 0.526. The van der Waals surface area contributed by atoms with Crippen LogP contribution in [0.4, 0.5) is 0 Å². The second kappa shape index (κ2) is 7.46. The highest BCUT2D eigenvalue weighted by Crippen LogP contribution is 2.41. The molecule has 6 heteroatoms. The van der Waals surface area contributed by atoms with Gasteiger partial charge in [-0.05, 0) is 30.4 Å². The molecule has 0 bridgehead atoms. The van der Waals surface area contributed by atoms with Crippen LogP contribution in [0.15, 0.2) is 24.3 Å². The fourth-order valence-corrected chi connectivity index (χ4v) is 3.88. The molecule has 0 radical (unpaired) electrons. The van der Waals surface area contributed by atoms with Gasteiger partial charge in [0.25, 0.3) is 0 Å². The zero-order valence-electron chi connectivity index (χ0n) is 14.3. The molecule has 1 aromatic carbocycles. The normalized spacial score (nSPS) is 19.0. The van der Waals surface area contributed by atoms with Crippen molar-refractivity contribution < 1.29 is 5.11 Å². The second-order valence-corrected chi connectivity index (χ2v) is 7.58. The molecule has 1 aromatic heterocycles. The molecule has 1 aliphatic carbocycles. The van der Waals surface area contributed by atoms with Gasteiger partial charge in [0.15, 0.2) is 5.15 Å². The van der Waals surface area contributed by atoms with E-state index in [0.717, 1.165) is 25.1 Å². The van der Waals surface area contributed by atoms with Crippen molar-refractivity contribution in [1.82, 2.24) is 20.4 Å². The Morgan fingerprint density at radius 2 is 2.12 bits per heavy atom. The molecule has 4 rings (SSSR count). The number of halogens is 1. The number of nitrogens with zero attached hydrogens (tertiary/aromatic N) is 2. The van der Waals surface area contributed by atoms with Gasteiger partial charge in [0.2, 0.25) is 0 Å². The molecule has 2 heterocycles. The van der Waals surface area contributed by atoms with Crippen molar-refractivity contribution in [2.75, 3.05) is 19.6 Å². The number of aromatic nitrogens is 2. The van der Waals surface area contributed by atoms with Crippen molar-refractivity contribution in [2.45, 2.75) is 44.4 Å². The standard InChI is InChI=1S/C19H25ClN4O/c20-19-17(18(22-23-19)14-5-6-14)10-21-9-16(25)12-24-8-7-13-3-1-2-4-15(13)11-24/h1-4,14,16,21,25H,5-12H2,(H,22,23). The Morgan fingerprint density at radius 3 is 2.92 bits per heavy atom. The van der Waals surface area contributed by atoms with Gasteiger partial charge in [-0.3, -0.25) is 10.00 Å². The van der Waals surface area contributed by atoms with E-state index >= 15 is 0 Å². The first kappa shape index (κ1) is 17.0. The smallest absolute Gasteiger partial charge is 0.155 e. The summed E-state index contributed by atoms with van der Waals surface area (Å²) in [5.41, 5.74) is 5.05. The third kappa shape index (κ3) is 4.06. The van der Waals surface area contributed by atoms with Crippen LogP contribution in [0.1, 0.15) is 41.1 Å². The first-order valence-corrected chi connectivity index (χ1v) is 9.49. The lowest BCUT2D eigenvalue weighted by Crippen LogP contribution is -2.40. The number of hydrogen-bond acceptors (Lipinski definition) is 4. The fourth-order valence-electron chi connectivity index (χ4n) is 3.67. The van der Waals surface area contributed by atoms with Gasteiger partial charge in [-0.2, -0.15) is 5.10 Å². The maximum Gasteiger partial charge on any atom is 0.155 e. The number of hydrogen-bond donors (Lipinski definition) is 3. The minimum atomic E-state index is -0.389. The molecule has 0 amide bonds. The third-order valence-corrected chi connectivity index (χ3v) is 5.51. The SMILES string of the molecule is OC(CNCc1c(Cl)n[nH]c1C1CC1)CN1CCc2ccccc2C1. The van der Waals surface area contributed by atoms with Crippen LogP contribution in [-0.2, 0) is 19.5 Å². The molecule has 1 saturated carbocycles. The van der Waals surface area contributed by atoms with Crippen LogP contribution in [0.25, 0.3) is 0 Å². The number of rotatable bonds is 7. The Balaban J connectivity index is 1.25. The van der Waals surface area contributed by atoms with E-state index in [2.05, 4.69) is 44.7 Å². The van der Waals surface area contributed by atoms with Crippen LogP contribution >= 0.6 is 11.6 Å². The van der Waals surface area contributed by atoms with E-state index in [9.17, 15) is 5.11 Å². The van der Waals surface area contributed by atoms with E-state index < -0.39 is 0 Å². The number of aliphatic hydroxyl groups is 1. The zero-order chi connectivity index (χ0) is 17.2. The van der Waals surface area contributed by atoms with E-state index in [4.69, 9.17) is 11.6 Å². The number of fused-ring (bicyclic) bond motifs is 1. The summed E-state index contributed by atoms with van der Waals surface area (Å²) in [7, 11) is 0. The monoisotopic (exact) mass is 360 g/mol. The number of benzene rings is 1. The Morgan fingerprint density at radius 1 is 1.32 bits per heavy atom. The average molecular weight is 361 g/mol. The van der Waals surface area contributed by atoms with E-state index in [1.54, 1.807) is 0 Å². The Kier molecular flexibility index (Phi) is 5.08. The van der Waals surface area contributed by atoms with Crippen LogP contribution in [-0.4, -0.2) is 45.9 Å². The van der Waals surface area contributed by atoms with E-state index in [1.165, 1.54) is 29.7 Å². The van der Waals surface area contributed by atoms with E-state index in [-0.39, 0.29) is 6.10 Å². The molecule has 1 fully saturated rings. The van der Waals surface area contributed by atoms with Gasteiger partial charge in [0.05, 0.1) is 6.10 Å². The first-order valence-electron chi connectivity index (χ1n) is 9.11. The summed E-state index contributed by atoms with van der Waals surface area (Å²) in [6.45, 7) is 3.83. The average Bonchev–Trinajstić information content (AvgIpc) is 3.39. The largest absolute Gasteiger partial charge is 0.390 e. The van der Waals surface area contributed by atoms with Crippen molar-refractivity contribution in [2.24, 2.45) is 0 Å². The quantitative estimate of drug-likeness (QED) is 0.709. The van der Waals surface area contributed by atoms with Crippen molar-refractivity contribution in [1.29, 1.82) is 0 Å². The second-order valence-electron chi connectivity index (χ2n) is 7.22. The Hall–Kier alpha value is -1.40. The molecule has 134 valence electrons. The van der Waals surface area contributed by atoms with Crippen molar-refractivity contribution in [3.05, 3.63) is 51.8 Å². The van der Waals surface area contributed by atoms with Gasteiger partial charge in [-0.25, -0.2) is 0 Å². The summed E-state index contributed by atoms with van der Waals surface area (Å²) in [4.78, 5) is 2.33. The molecule has 1 atom stereocenters. The molecule has 0 saturated heterocycles. The molecular weight excluding hydrogens is 336 g/mol. The summed E-state index contributed by atoms with van der Waals surface area (Å²) >= 11 is 6.18. The van der Waals surface area contributed by atoms with E-state index in [1.807, 2.05) is 0 Å². The Bertz CT molecular complexity index is 728. The number of H-pyrrole nitrogens is 1. The van der Waals surface area contributed by atoms with Crippen molar-refractivity contribution in [3.8, 4) is 0 Å². The van der Waals surface area contributed by atoms with Crippen LogP contribution in [0.5, 0.6) is 0 Å². The molecular formula is C19H25ClN4O. The van der Waals surface area contributed by atoms with Crippen molar-refractivity contribution in [3.63, 3.8) is 0 Å². The highest BCUT2D eigenvalue weighted by molar-refractivity contribution is 6.30. The molecule has 2 aliphatic rings. The summed E-state index contributed by atoms with van der Waals surface area (Å²) < 4.78 is 0. The van der Waals surface area contributed by atoms with Gasteiger partial charge >= 0.3 is 0 Å². The van der Waals surface area contributed by atoms with Gasteiger partial charge in [0.1, 0.15) is 0 Å². The molecule has 5 nitrogen and oxygen atoms in total. The minimum absolute atomic E-state index is 0.389. The Labute approximate surface area is 153 Å². The molecule has 0 spiro atoms. The molecule has 1 unspecified atom stereocenters. The number of aromatic amines is 1. The van der Waals surface area contributed by atoms with Gasteiger partial charge in [-0.1, -0.05) is 35.9 Å². The van der Waals surface area contributed by atoms with Crippen LogP contribution < -0.4 is 5.32 Å². The lowest BCUT2D eigenvalue weighted by atomic mass is 10.00. The summed E-state index contributed by atoms with van der Waals surface area (Å²) in [6, 6.07) is 8.58. The van der Waals surface area contributed by atoms with Gasteiger partial charge in [0, 0.05) is 49.9 Å². The first-order chi connectivity index (χ1) is 12.2. The number of aliphatic hydroxyl groups excluding tert-OH is 1. The van der Waals surface area contributed by atoms with Gasteiger partial charge < -0.3 is 10.4 Å². The number of nitrogens with one attached hydrogen (secondary N) is 2. The van der Waals surface area contributed by atoms with Gasteiger partial charge in [-0.15, -0.1) is 0 Å².